The smallest absolute Gasteiger partial charge is 0.339 e. The standard InChI is InChI=1S/C17H22N2O4/c1-9-14(17(21)22-5)11(3)19-15(9)16(20)12(4)18-10(2)13-7-6-8-23-13/h6-8,10,12,18-19H,1-5H3/t10-,12+/m1/s1. The van der Waals surface area contributed by atoms with Crippen LogP contribution in [0.25, 0.3) is 0 Å². The first kappa shape index (κ1) is 17.0. The van der Waals surface area contributed by atoms with Crippen molar-refractivity contribution in [1.82, 2.24) is 10.3 Å². The maximum atomic E-state index is 12.7. The minimum absolute atomic E-state index is 0.0969. The molecule has 2 rings (SSSR count). The second kappa shape index (κ2) is 6.83. The lowest BCUT2D eigenvalue weighted by molar-refractivity contribution is 0.0599. The van der Waals surface area contributed by atoms with E-state index in [0.29, 0.717) is 22.5 Å². The molecule has 0 aliphatic heterocycles. The molecule has 0 unspecified atom stereocenters. The van der Waals surface area contributed by atoms with Gasteiger partial charge < -0.3 is 14.1 Å². The van der Waals surface area contributed by atoms with Gasteiger partial charge in [0.05, 0.1) is 36.7 Å². The lowest BCUT2D eigenvalue weighted by atomic mass is 10.0. The minimum Gasteiger partial charge on any atom is -0.468 e. The summed E-state index contributed by atoms with van der Waals surface area (Å²) in [4.78, 5) is 27.5. The zero-order valence-electron chi connectivity index (χ0n) is 14.0. The van der Waals surface area contributed by atoms with Crippen molar-refractivity contribution >= 4 is 11.8 Å². The molecule has 2 aromatic heterocycles. The van der Waals surface area contributed by atoms with Gasteiger partial charge in [0.1, 0.15) is 5.76 Å². The number of esters is 1. The van der Waals surface area contributed by atoms with Crippen LogP contribution in [0.15, 0.2) is 22.8 Å². The van der Waals surface area contributed by atoms with Gasteiger partial charge in [0.15, 0.2) is 5.78 Å². The third-order valence-electron chi connectivity index (χ3n) is 3.94. The van der Waals surface area contributed by atoms with E-state index in [4.69, 9.17) is 9.15 Å². The Balaban J connectivity index is 2.18. The normalized spacial score (nSPS) is 13.6. The highest BCUT2D eigenvalue weighted by atomic mass is 16.5. The van der Waals surface area contributed by atoms with Crippen molar-refractivity contribution in [2.75, 3.05) is 7.11 Å². The molecule has 6 nitrogen and oxygen atoms in total. The molecule has 6 heteroatoms. The van der Waals surface area contributed by atoms with Crippen molar-refractivity contribution in [3.8, 4) is 0 Å². The van der Waals surface area contributed by atoms with Gasteiger partial charge in [-0.05, 0) is 45.4 Å². The predicted octanol–water partition coefficient (Wildman–Crippen LogP) is 2.93. The van der Waals surface area contributed by atoms with Crippen molar-refractivity contribution in [2.45, 2.75) is 39.8 Å². The van der Waals surface area contributed by atoms with E-state index in [9.17, 15) is 9.59 Å². The second-order valence-electron chi connectivity index (χ2n) is 5.61. The molecular weight excluding hydrogens is 296 g/mol. The van der Waals surface area contributed by atoms with Crippen LogP contribution >= 0.6 is 0 Å². The van der Waals surface area contributed by atoms with Crippen molar-refractivity contribution in [1.29, 1.82) is 0 Å². The summed E-state index contributed by atoms with van der Waals surface area (Å²) in [6, 6.07) is 3.13. The number of hydrogen-bond donors (Lipinski definition) is 2. The number of aromatic amines is 1. The Hall–Kier alpha value is -2.34. The van der Waals surface area contributed by atoms with E-state index >= 15 is 0 Å². The number of aromatic nitrogens is 1. The highest BCUT2D eigenvalue weighted by molar-refractivity contribution is 6.03. The zero-order chi connectivity index (χ0) is 17.1. The molecule has 2 aromatic rings. The molecule has 0 bridgehead atoms. The van der Waals surface area contributed by atoms with Crippen molar-refractivity contribution in [3.63, 3.8) is 0 Å². The van der Waals surface area contributed by atoms with E-state index in [1.54, 1.807) is 33.1 Å². The number of aryl methyl sites for hydroxylation is 1. The number of hydrogen-bond acceptors (Lipinski definition) is 5. The number of carbonyl (C=O) groups is 2. The van der Waals surface area contributed by atoms with Gasteiger partial charge in [0, 0.05) is 5.69 Å². The maximum absolute atomic E-state index is 12.7. The van der Waals surface area contributed by atoms with Crippen LogP contribution in [-0.2, 0) is 4.74 Å². The molecule has 2 atom stereocenters. The molecule has 0 aliphatic carbocycles. The van der Waals surface area contributed by atoms with Gasteiger partial charge in [0.2, 0.25) is 0 Å². The first-order valence-electron chi connectivity index (χ1n) is 7.48. The SMILES string of the molecule is COC(=O)c1c(C)[nH]c(C(=O)[C@H](C)N[C@H](C)c2ccco2)c1C. The number of furan rings is 1. The summed E-state index contributed by atoms with van der Waals surface area (Å²) in [6.07, 6.45) is 1.60. The number of carbonyl (C=O) groups excluding carboxylic acids is 2. The summed E-state index contributed by atoms with van der Waals surface area (Å²) in [5.74, 6) is 0.207. The first-order chi connectivity index (χ1) is 10.9. The Morgan fingerprint density at radius 3 is 2.57 bits per heavy atom. The fourth-order valence-electron chi connectivity index (χ4n) is 2.69. The van der Waals surface area contributed by atoms with Crippen molar-refractivity contribution in [3.05, 3.63) is 46.7 Å². The Labute approximate surface area is 135 Å². The van der Waals surface area contributed by atoms with E-state index in [2.05, 4.69) is 10.3 Å². The number of rotatable bonds is 6. The lowest BCUT2D eigenvalue weighted by Crippen LogP contribution is -2.36. The summed E-state index contributed by atoms with van der Waals surface area (Å²) < 4.78 is 10.1. The van der Waals surface area contributed by atoms with Crippen molar-refractivity contribution < 1.29 is 18.7 Å². The molecule has 0 aromatic carbocycles. The predicted molar refractivity (Wildman–Crippen MR) is 85.7 cm³/mol. The summed E-state index contributed by atoms with van der Waals surface area (Å²) >= 11 is 0. The van der Waals surface area contributed by atoms with Gasteiger partial charge >= 0.3 is 5.97 Å². The van der Waals surface area contributed by atoms with Crippen LogP contribution in [0.3, 0.4) is 0 Å². The Kier molecular flexibility index (Phi) is 5.05. The van der Waals surface area contributed by atoms with Gasteiger partial charge in [-0.25, -0.2) is 4.79 Å². The molecule has 0 aliphatic rings. The maximum Gasteiger partial charge on any atom is 0.339 e. The molecule has 23 heavy (non-hydrogen) atoms. The van der Waals surface area contributed by atoms with Crippen LogP contribution in [-0.4, -0.2) is 29.9 Å². The largest absolute Gasteiger partial charge is 0.468 e. The van der Waals surface area contributed by atoms with Gasteiger partial charge in [-0.15, -0.1) is 0 Å². The lowest BCUT2D eigenvalue weighted by Gasteiger charge is -2.17. The number of methoxy groups -OCH3 is 1. The van der Waals surface area contributed by atoms with Gasteiger partial charge in [-0.1, -0.05) is 0 Å². The molecule has 0 saturated carbocycles. The molecule has 124 valence electrons. The molecule has 0 radical (unpaired) electrons. The van der Waals surface area contributed by atoms with Crippen LogP contribution in [0.5, 0.6) is 0 Å². The topological polar surface area (TPSA) is 84.3 Å². The summed E-state index contributed by atoms with van der Waals surface area (Å²) in [5, 5.41) is 3.20. The number of ether oxygens (including phenoxy) is 1. The van der Waals surface area contributed by atoms with E-state index in [1.165, 1.54) is 7.11 Å². The van der Waals surface area contributed by atoms with Gasteiger partial charge in [-0.3, -0.25) is 10.1 Å². The second-order valence-corrected chi connectivity index (χ2v) is 5.61. The highest BCUT2D eigenvalue weighted by Gasteiger charge is 2.26. The molecule has 0 spiro atoms. The monoisotopic (exact) mass is 318 g/mol. The number of H-pyrrole nitrogens is 1. The number of nitrogens with one attached hydrogen (secondary N) is 2. The van der Waals surface area contributed by atoms with E-state index < -0.39 is 12.0 Å². The van der Waals surface area contributed by atoms with Gasteiger partial charge in [-0.2, -0.15) is 0 Å². The third kappa shape index (κ3) is 3.37. The molecule has 0 fully saturated rings. The number of ketones is 1. The fourth-order valence-corrected chi connectivity index (χ4v) is 2.69. The Bertz CT molecular complexity index is 701. The van der Waals surface area contributed by atoms with Crippen LogP contribution in [0.1, 0.15) is 57.8 Å². The quantitative estimate of drug-likeness (QED) is 0.632. The summed E-state index contributed by atoms with van der Waals surface area (Å²) in [6.45, 7) is 7.20. The van der Waals surface area contributed by atoms with Gasteiger partial charge in [0.25, 0.3) is 0 Å². The van der Waals surface area contributed by atoms with Crippen LogP contribution in [0.4, 0.5) is 0 Å². The third-order valence-corrected chi connectivity index (χ3v) is 3.94. The van der Waals surface area contributed by atoms with E-state index in [1.807, 2.05) is 13.0 Å². The molecule has 2 N–H and O–H groups in total. The number of Topliss-reactive ketones (excluding diaryl/α,β-unsaturated/α-hetero) is 1. The first-order valence-corrected chi connectivity index (χ1v) is 7.48. The molecule has 0 amide bonds. The van der Waals surface area contributed by atoms with Crippen molar-refractivity contribution in [2.24, 2.45) is 0 Å². The van der Waals surface area contributed by atoms with Crippen LogP contribution < -0.4 is 5.32 Å². The zero-order valence-corrected chi connectivity index (χ0v) is 14.0. The van der Waals surface area contributed by atoms with Crippen LogP contribution in [0.2, 0.25) is 0 Å². The van der Waals surface area contributed by atoms with Crippen LogP contribution in [0, 0.1) is 13.8 Å². The molecular formula is C17H22N2O4. The van der Waals surface area contributed by atoms with E-state index in [-0.39, 0.29) is 11.8 Å². The van der Waals surface area contributed by atoms with E-state index in [0.717, 1.165) is 5.76 Å². The summed E-state index contributed by atoms with van der Waals surface area (Å²) in [5.41, 5.74) is 2.08. The molecule has 0 saturated heterocycles. The fraction of sp³-hybridized carbons (Fsp3) is 0.412. The minimum atomic E-state index is -0.445. The average Bonchev–Trinajstić information content (AvgIpc) is 3.14. The summed E-state index contributed by atoms with van der Waals surface area (Å²) in [7, 11) is 1.32. The highest BCUT2D eigenvalue weighted by Crippen LogP contribution is 2.21. The average molecular weight is 318 g/mol. The Morgan fingerprint density at radius 2 is 2.00 bits per heavy atom. The Morgan fingerprint density at radius 1 is 1.30 bits per heavy atom. The molecule has 2 heterocycles.